The monoisotopic (exact) mass is 459 g/mol. The minimum absolute atomic E-state index is 0.132. The summed E-state index contributed by atoms with van der Waals surface area (Å²) in [6.07, 6.45) is 2.46. The van der Waals surface area contributed by atoms with Gasteiger partial charge in [0, 0.05) is 30.2 Å². The second-order valence-electron chi connectivity index (χ2n) is 9.29. The number of aliphatic hydroxyl groups is 1. The molecule has 0 unspecified atom stereocenters. The predicted molar refractivity (Wildman–Crippen MR) is 125 cm³/mol. The van der Waals surface area contributed by atoms with Crippen LogP contribution in [0.3, 0.4) is 0 Å². The van der Waals surface area contributed by atoms with Crippen LogP contribution in [0.15, 0.2) is 66.9 Å². The van der Waals surface area contributed by atoms with Crippen molar-refractivity contribution in [3.63, 3.8) is 0 Å². The molecular formula is C26H27N4O4+. The zero-order valence-electron chi connectivity index (χ0n) is 19.0. The van der Waals surface area contributed by atoms with Crippen molar-refractivity contribution in [2.45, 2.75) is 24.5 Å². The van der Waals surface area contributed by atoms with E-state index in [1.807, 2.05) is 43.4 Å². The molecule has 2 heterocycles. The molecule has 2 aromatic carbocycles. The minimum Gasteiger partial charge on any atom is -0.459 e. The number of hydrogen-bond acceptors (Lipinski definition) is 6. The molecule has 3 aromatic rings. The third kappa shape index (κ3) is 3.95. The van der Waals surface area contributed by atoms with Gasteiger partial charge in [-0.25, -0.2) is 4.79 Å². The number of quaternary nitrogens is 1. The molecule has 0 spiro atoms. The Labute approximate surface area is 197 Å². The molecule has 174 valence electrons. The van der Waals surface area contributed by atoms with Crippen LogP contribution >= 0.6 is 0 Å². The summed E-state index contributed by atoms with van der Waals surface area (Å²) in [5.41, 5.74) is 0.982. The first-order valence-corrected chi connectivity index (χ1v) is 11.4. The minimum atomic E-state index is -1.82. The molecule has 8 heteroatoms. The van der Waals surface area contributed by atoms with Crippen molar-refractivity contribution in [2.24, 2.45) is 0 Å². The number of carbonyl (C=O) groups excluding carboxylic acids is 2. The van der Waals surface area contributed by atoms with Gasteiger partial charge in [0.15, 0.2) is 12.4 Å². The molecule has 8 nitrogen and oxygen atoms in total. The zero-order valence-corrected chi connectivity index (χ0v) is 19.0. The fraction of sp³-hybridized carbons (Fsp3) is 0.308. The number of aromatic nitrogens is 2. The van der Waals surface area contributed by atoms with Gasteiger partial charge in [0.1, 0.15) is 6.10 Å². The van der Waals surface area contributed by atoms with Gasteiger partial charge in [0.25, 0.3) is 5.91 Å². The van der Waals surface area contributed by atoms with Crippen molar-refractivity contribution < 1.29 is 23.9 Å². The fourth-order valence-electron chi connectivity index (χ4n) is 5.01. The highest BCUT2D eigenvalue weighted by atomic mass is 16.6. The molecule has 2 N–H and O–H groups in total. The van der Waals surface area contributed by atoms with Crippen LogP contribution in [0.25, 0.3) is 11.1 Å². The highest BCUT2D eigenvalue weighted by Gasteiger charge is 2.50. The summed E-state index contributed by atoms with van der Waals surface area (Å²) in [7, 11) is 2.02. The van der Waals surface area contributed by atoms with E-state index < -0.39 is 11.6 Å². The molecule has 0 bridgehead atoms. The highest BCUT2D eigenvalue weighted by Crippen LogP contribution is 2.48. The third-order valence-electron chi connectivity index (χ3n) is 6.84. The van der Waals surface area contributed by atoms with E-state index in [1.54, 1.807) is 30.5 Å². The van der Waals surface area contributed by atoms with Crippen LogP contribution in [-0.2, 0) is 19.9 Å². The molecule has 1 saturated heterocycles. The predicted octanol–water partition coefficient (Wildman–Crippen LogP) is 2.48. The number of esters is 1. The van der Waals surface area contributed by atoms with Gasteiger partial charge in [-0.15, -0.1) is 5.10 Å². The number of likely N-dealkylation sites (N-methyl/N-ethyl adjacent to an activating group) is 1. The average Bonchev–Trinajstić information content (AvgIpc) is 3.11. The maximum absolute atomic E-state index is 13.3. The number of anilines is 1. The second kappa shape index (κ2) is 8.62. The number of rotatable bonds is 5. The van der Waals surface area contributed by atoms with Gasteiger partial charge in [0.05, 0.1) is 20.1 Å². The summed E-state index contributed by atoms with van der Waals surface area (Å²) in [4.78, 5) is 25.8. The van der Waals surface area contributed by atoms with E-state index >= 15 is 0 Å². The molecule has 1 aliphatic heterocycles. The Kier molecular flexibility index (Phi) is 5.63. The van der Waals surface area contributed by atoms with Crippen LogP contribution in [0, 0.1) is 0 Å². The van der Waals surface area contributed by atoms with Gasteiger partial charge in [-0.1, -0.05) is 48.5 Å². The second-order valence-corrected chi connectivity index (χ2v) is 9.29. The quantitative estimate of drug-likeness (QED) is 0.449. The van der Waals surface area contributed by atoms with Gasteiger partial charge >= 0.3 is 5.97 Å². The standard InChI is InChI=1S/C26H26N4O4/c1-30(17-24(31)28-23-11-6-14-27-29-23)15-12-18(13-16-30)34-25(32)26(33)21-9-4-2-7-19(21)20-8-3-5-10-22(20)26/h2-11,14,18,33H,12-13,15-17H2,1H3/p+1. The Bertz CT molecular complexity index is 1180. The van der Waals surface area contributed by atoms with E-state index in [4.69, 9.17) is 4.74 Å². The molecule has 1 fully saturated rings. The Morgan fingerprint density at radius 3 is 2.24 bits per heavy atom. The van der Waals surface area contributed by atoms with E-state index in [0.717, 1.165) is 11.1 Å². The van der Waals surface area contributed by atoms with Crippen molar-refractivity contribution in [3.05, 3.63) is 78.0 Å². The van der Waals surface area contributed by atoms with Crippen LogP contribution in [-0.4, -0.2) is 64.4 Å². The molecule has 0 atom stereocenters. The van der Waals surface area contributed by atoms with E-state index in [-0.39, 0.29) is 12.0 Å². The summed E-state index contributed by atoms with van der Waals surface area (Å²) in [6, 6.07) is 18.2. The highest BCUT2D eigenvalue weighted by molar-refractivity contribution is 5.96. The number of hydrogen-bond donors (Lipinski definition) is 2. The number of nitrogens with zero attached hydrogens (tertiary/aromatic N) is 3. The van der Waals surface area contributed by atoms with Crippen molar-refractivity contribution in [1.29, 1.82) is 0 Å². The number of likely N-dealkylation sites (tertiary alicyclic amines) is 1. The summed E-state index contributed by atoms with van der Waals surface area (Å²) >= 11 is 0. The molecule has 0 radical (unpaired) electrons. The Morgan fingerprint density at radius 2 is 1.65 bits per heavy atom. The average molecular weight is 460 g/mol. The summed E-state index contributed by atoms with van der Waals surface area (Å²) in [5, 5.41) is 22.0. The van der Waals surface area contributed by atoms with Crippen LogP contribution < -0.4 is 5.32 Å². The maximum atomic E-state index is 13.3. The van der Waals surface area contributed by atoms with Gasteiger partial charge in [-0.2, -0.15) is 5.10 Å². The largest absolute Gasteiger partial charge is 0.459 e. The summed E-state index contributed by atoms with van der Waals surface area (Å²) in [6.45, 7) is 1.65. The van der Waals surface area contributed by atoms with Gasteiger partial charge in [0.2, 0.25) is 5.60 Å². The molecule has 1 amide bonds. The Hall–Kier alpha value is -3.62. The molecule has 0 saturated carbocycles. The number of nitrogens with one attached hydrogen (secondary N) is 1. The van der Waals surface area contributed by atoms with Crippen LogP contribution in [0.5, 0.6) is 0 Å². The first-order valence-electron chi connectivity index (χ1n) is 11.4. The van der Waals surface area contributed by atoms with E-state index in [1.165, 1.54) is 0 Å². The Balaban J connectivity index is 1.24. The molecule has 1 aromatic heterocycles. The molecule has 2 aliphatic rings. The van der Waals surface area contributed by atoms with Gasteiger partial charge < -0.3 is 19.6 Å². The Morgan fingerprint density at radius 1 is 1.03 bits per heavy atom. The van der Waals surface area contributed by atoms with Crippen molar-refractivity contribution in [1.82, 2.24) is 10.2 Å². The molecule has 34 heavy (non-hydrogen) atoms. The summed E-state index contributed by atoms with van der Waals surface area (Å²) in [5.74, 6) is -0.355. The van der Waals surface area contributed by atoms with Crippen LogP contribution in [0.1, 0.15) is 24.0 Å². The fourth-order valence-corrected chi connectivity index (χ4v) is 5.01. The number of amides is 1. The molecule has 1 aliphatic carbocycles. The number of ether oxygens (including phenoxy) is 1. The van der Waals surface area contributed by atoms with E-state index in [9.17, 15) is 14.7 Å². The van der Waals surface area contributed by atoms with Gasteiger partial charge in [-0.05, 0) is 23.3 Å². The number of fused-ring (bicyclic) bond motifs is 3. The van der Waals surface area contributed by atoms with Crippen LogP contribution in [0.4, 0.5) is 5.82 Å². The molecular weight excluding hydrogens is 432 g/mol. The van der Waals surface area contributed by atoms with E-state index in [2.05, 4.69) is 15.5 Å². The lowest BCUT2D eigenvalue weighted by Crippen LogP contribution is -2.55. The van der Waals surface area contributed by atoms with Crippen molar-refractivity contribution in [2.75, 3.05) is 32.0 Å². The first-order chi connectivity index (χ1) is 16.4. The third-order valence-corrected chi connectivity index (χ3v) is 6.84. The normalized spacial score (nSPS) is 22.4. The maximum Gasteiger partial charge on any atom is 0.348 e. The van der Waals surface area contributed by atoms with Crippen molar-refractivity contribution >= 4 is 17.7 Å². The number of carbonyl (C=O) groups is 2. The number of piperidine rings is 1. The lowest BCUT2D eigenvalue weighted by Gasteiger charge is -2.40. The van der Waals surface area contributed by atoms with Crippen LogP contribution in [0.2, 0.25) is 0 Å². The smallest absolute Gasteiger partial charge is 0.348 e. The molecule has 5 rings (SSSR count). The van der Waals surface area contributed by atoms with Crippen molar-refractivity contribution in [3.8, 4) is 11.1 Å². The lowest BCUT2D eigenvalue weighted by molar-refractivity contribution is -0.907. The van der Waals surface area contributed by atoms with E-state index in [0.29, 0.717) is 53.9 Å². The number of benzene rings is 2. The zero-order chi connectivity index (χ0) is 23.8. The topological polar surface area (TPSA) is 101 Å². The SMILES string of the molecule is C[N+]1(CC(=O)Nc2cccnn2)CCC(OC(=O)C2(O)c3ccccc3-c3ccccc32)CC1. The lowest BCUT2D eigenvalue weighted by atomic mass is 9.91. The van der Waals surface area contributed by atoms with Gasteiger partial charge in [-0.3, -0.25) is 4.79 Å². The summed E-state index contributed by atoms with van der Waals surface area (Å²) < 4.78 is 6.41. The first kappa shape index (κ1) is 22.2.